The van der Waals surface area contributed by atoms with Crippen LogP contribution in [0, 0.1) is 0 Å². The number of hydrogen-bond donors (Lipinski definition) is 2. The Morgan fingerprint density at radius 1 is 1.18 bits per heavy atom. The molecular weight excluding hydrogens is 224 g/mol. The molecule has 0 radical (unpaired) electrons. The van der Waals surface area contributed by atoms with Gasteiger partial charge in [-0.05, 0) is 12.1 Å². The number of ether oxygens (including phenoxy) is 3. The molecule has 1 aromatic rings. The molecule has 96 valence electrons. The van der Waals surface area contributed by atoms with Crippen molar-refractivity contribution in [1.82, 2.24) is 0 Å². The van der Waals surface area contributed by atoms with Gasteiger partial charge in [0, 0.05) is 25.8 Å². The first-order chi connectivity index (χ1) is 8.15. The lowest BCUT2D eigenvalue weighted by atomic mass is 10.2. The minimum absolute atomic E-state index is 0.0509. The fourth-order valence-corrected chi connectivity index (χ4v) is 0.905. The van der Waals surface area contributed by atoms with Gasteiger partial charge in [0.1, 0.15) is 25.1 Å². The zero-order chi connectivity index (χ0) is 13.1. The Morgan fingerprint density at radius 2 is 1.76 bits per heavy atom. The maximum atomic E-state index is 9.06. The zero-order valence-corrected chi connectivity index (χ0v) is 10.0. The van der Waals surface area contributed by atoms with Gasteiger partial charge >= 0.3 is 0 Å². The number of benzene rings is 1. The van der Waals surface area contributed by atoms with Crippen molar-refractivity contribution in [2.45, 2.75) is 0 Å². The summed E-state index contributed by atoms with van der Waals surface area (Å²) in [4.78, 5) is 0. The molecular formula is C12H18O5. The standard InChI is InChI=1S/C8H8O2.C4H10O3/c1-2-6-3-4-7(9)5-8(6)10;1-5-3-7-4-6-2/h2-5,9-10H,1H2;3-4H2,1-2H3. The highest BCUT2D eigenvalue weighted by molar-refractivity contribution is 5.56. The van der Waals surface area contributed by atoms with Crippen LogP contribution in [-0.2, 0) is 14.2 Å². The molecule has 0 fully saturated rings. The van der Waals surface area contributed by atoms with E-state index in [-0.39, 0.29) is 11.5 Å². The summed E-state index contributed by atoms with van der Waals surface area (Å²) in [6, 6.07) is 4.37. The molecule has 0 unspecified atom stereocenters. The second-order valence-corrected chi connectivity index (χ2v) is 2.96. The van der Waals surface area contributed by atoms with Gasteiger partial charge < -0.3 is 24.4 Å². The second kappa shape index (κ2) is 9.65. The van der Waals surface area contributed by atoms with E-state index < -0.39 is 0 Å². The summed E-state index contributed by atoms with van der Waals surface area (Å²) in [7, 11) is 3.13. The monoisotopic (exact) mass is 242 g/mol. The third kappa shape index (κ3) is 7.35. The number of rotatable bonds is 5. The van der Waals surface area contributed by atoms with E-state index in [4.69, 9.17) is 10.2 Å². The smallest absolute Gasteiger partial charge is 0.149 e. The highest BCUT2D eigenvalue weighted by atomic mass is 16.7. The number of phenols is 2. The Bertz CT molecular complexity index is 321. The Balaban J connectivity index is 0.000000325. The van der Waals surface area contributed by atoms with Gasteiger partial charge in [0.15, 0.2) is 0 Å². The molecule has 0 saturated carbocycles. The normalized spacial score (nSPS) is 9.29. The van der Waals surface area contributed by atoms with Gasteiger partial charge in [0.2, 0.25) is 0 Å². The van der Waals surface area contributed by atoms with E-state index in [0.717, 1.165) is 0 Å². The predicted octanol–water partition coefficient (Wildman–Crippen LogP) is 1.95. The van der Waals surface area contributed by atoms with E-state index in [1.165, 1.54) is 18.2 Å². The average Bonchev–Trinajstić information content (AvgIpc) is 2.31. The van der Waals surface area contributed by atoms with Crippen molar-refractivity contribution in [3.05, 3.63) is 30.3 Å². The summed E-state index contributed by atoms with van der Waals surface area (Å²) in [5.41, 5.74) is 0.623. The third-order valence-electron chi connectivity index (χ3n) is 1.64. The van der Waals surface area contributed by atoms with Gasteiger partial charge in [-0.1, -0.05) is 12.7 Å². The molecule has 0 aliphatic rings. The number of hydrogen-bond acceptors (Lipinski definition) is 5. The van der Waals surface area contributed by atoms with Crippen molar-refractivity contribution in [2.24, 2.45) is 0 Å². The Hall–Kier alpha value is -1.56. The van der Waals surface area contributed by atoms with Crippen LogP contribution in [0.3, 0.4) is 0 Å². The highest BCUT2D eigenvalue weighted by Gasteiger charge is 1.95. The zero-order valence-electron chi connectivity index (χ0n) is 10.0. The van der Waals surface area contributed by atoms with Crippen LogP contribution in [0.4, 0.5) is 0 Å². The Kier molecular flexibility index (Phi) is 8.77. The van der Waals surface area contributed by atoms with Crippen LogP contribution in [0.1, 0.15) is 5.56 Å². The maximum Gasteiger partial charge on any atom is 0.149 e. The first-order valence-corrected chi connectivity index (χ1v) is 4.85. The molecule has 1 rings (SSSR count). The minimum Gasteiger partial charge on any atom is -0.508 e. The van der Waals surface area contributed by atoms with Crippen molar-refractivity contribution < 1.29 is 24.4 Å². The molecule has 5 heteroatoms. The van der Waals surface area contributed by atoms with Gasteiger partial charge in [-0.15, -0.1) is 0 Å². The van der Waals surface area contributed by atoms with Crippen LogP contribution in [-0.4, -0.2) is 38.0 Å². The molecule has 1 aromatic carbocycles. The van der Waals surface area contributed by atoms with Crippen molar-refractivity contribution in [2.75, 3.05) is 27.8 Å². The van der Waals surface area contributed by atoms with Crippen LogP contribution >= 0.6 is 0 Å². The molecule has 0 aromatic heterocycles. The molecule has 0 spiro atoms. The summed E-state index contributed by atoms with van der Waals surface area (Å²) < 4.78 is 13.8. The lowest BCUT2D eigenvalue weighted by Gasteiger charge is -1.97. The van der Waals surface area contributed by atoms with Gasteiger partial charge in [0.25, 0.3) is 0 Å². The second-order valence-electron chi connectivity index (χ2n) is 2.96. The molecule has 0 amide bonds. The molecule has 17 heavy (non-hydrogen) atoms. The summed E-state index contributed by atoms with van der Waals surface area (Å²) in [5, 5.41) is 17.9. The Morgan fingerprint density at radius 3 is 2.18 bits per heavy atom. The van der Waals surface area contributed by atoms with Crippen molar-refractivity contribution in [3.63, 3.8) is 0 Å². The fourth-order valence-electron chi connectivity index (χ4n) is 0.905. The van der Waals surface area contributed by atoms with Crippen LogP contribution in [0.2, 0.25) is 0 Å². The van der Waals surface area contributed by atoms with Crippen LogP contribution < -0.4 is 0 Å². The lowest BCUT2D eigenvalue weighted by Crippen LogP contribution is -1.98. The molecule has 0 aliphatic heterocycles. The number of phenolic OH excluding ortho intramolecular Hbond substituents is 2. The molecule has 0 aliphatic carbocycles. The van der Waals surface area contributed by atoms with E-state index >= 15 is 0 Å². The number of methoxy groups -OCH3 is 2. The first kappa shape index (κ1) is 15.4. The Labute approximate surface area is 101 Å². The minimum atomic E-state index is 0.0509. The summed E-state index contributed by atoms with van der Waals surface area (Å²) in [6.07, 6.45) is 1.52. The van der Waals surface area contributed by atoms with E-state index in [9.17, 15) is 0 Å². The quantitative estimate of drug-likeness (QED) is 0.610. The summed E-state index contributed by atoms with van der Waals surface area (Å²) in [6.45, 7) is 4.08. The van der Waals surface area contributed by atoms with Gasteiger partial charge in [0.05, 0.1) is 0 Å². The van der Waals surface area contributed by atoms with Crippen LogP contribution in [0.15, 0.2) is 24.8 Å². The number of aromatic hydroxyl groups is 2. The van der Waals surface area contributed by atoms with Crippen molar-refractivity contribution in [1.29, 1.82) is 0 Å². The highest BCUT2D eigenvalue weighted by Crippen LogP contribution is 2.22. The van der Waals surface area contributed by atoms with Gasteiger partial charge in [-0.3, -0.25) is 0 Å². The maximum absolute atomic E-state index is 9.06. The van der Waals surface area contributed by atoms with E-state index in [1.54, 1.807) is 20.3 Å². The largest absolute Gasteiger partial charge is 0.508 e. The van der Waals surface area contributed by atoms with Crippen LogP contribution in [0.5, 0.6) is 11.5 Å². The topological polar surface area (TPSA) is 68.2 Å². The SMILES string of the molecule is C=Cc1ccc(O)cc1O.COCOCOC. The predicted molar refractivity (Wildman–Crippen MR) is 64.7 cm³/mol. The molecule has 0 saturated heterocycles. The first-order valence-electron chi connectivity index (χ1n) is 4.85. The van der Waals surface area contributed by atoms with Crippen molar-refractivity contribution in [3.8, 4) is 11.5 Å². The molecule has 0 atom stereocenters. The molecule has 5 nitrogen and oxygen atoms in total. The van der Waals surface area contributed by atoms with E-state index in [0.29, 0.717) is 19.1 Å². The van der Waals surface area contributed by atoms with E-state index in [2.05, 4.69) is 20.8 Å². The van der Waals surface area contributed by atoms with Gasteiger partial charge in [-0.25, -0.2) is 0 Å². The molecule has 0 heterocycles. The third-order valence-corrected chi connectivity index (χ3v) is 1.64. The summed E-state index contributed by atoms with van der Waals surface area (Å²) in [5.74, 6) is 0.109. The van der Waals surface area contributed by atoms with E-state index in [1.807, 2.05) is 0 Å². The molecule has 0 bridgehead atoms. The van der Waals surface area contributed by atoms with Gasteiger partial charge in [-0.2, -0.15) is 0 Å². The van der Waals surface area contributed by atoms with Crippen LogP contribution in [0.25, 0.3) is 6.08 Å². The molecule has 2 N–H and O–H groups in total. The average molecular weight is 242 g/mol. The lowest BCUT2D eigenvalue weighted by molar-refractivity contribution is -0.107. The summed E-state index contributed by atoms with van der Waals surface area (Å²) >= 11 is 0. The van der Waals surface area contributed by atoms with Crippen molar-refractivity contribution >= 4 is 6.08 Å². The fraction of sp³-hybridized carbons (Fsp3) is 0.333.